The average molecular weight is 248 g/mol. The van der Waals surface area contributed by atoms with E-state index in [9.17, 15) is 9.90 Å². The third kappa shape index (κ3) is 2.16. The zero-order valence-electron chi connectivity index (χ0n) is 10.7. The number of aromatic carboxylic acids is 1. The summed E-state index contributed by atoms with van der Waals surface area (Å²) in [4.78, 5) is 11.2. The third-order valence-corrected chi connectivity index (χ3v) is 2.98. The average Bonchev–Trinajstić information content (AvgIpc) is 2.93. The van der Waals surface area contributed by atoms with E-state index < -0.39 is 5.97 Å². The highest BCUT2D eigenvalue weighted by Gasteiger charge is 2.20. The molecule has 0 spiro atoms. The van der Waals surface area contributed by atoms with E-state index in [1.165, 1.54) is 0 Å². The molecule has 96 valence electrons. The fourth-order valence-corrected chi connectivity index (χ4v) is 1.70. The molecule has 2 aromatic rings. The van der Waals surface area contributed by atoms with Gasteiger partial charge in [0.2, 0.25) is 0 Å². The van der Waals surface area contributed by atoms with Gasteiger partial charge in [-0.1, -0.05) is 6.92 Å². The summed E-state index contributed by atoms with van der Waals surface area (Å²) in [6, 6.07) is 3.70. The van der Waals surface area contributed by atoms with E-state index in [1.54, 1.807) is 23.0 Å². The van der Waals surface area contributed by atoms with Gasteiger partial charge >= 0.3 is 5.97 Å². The first-order chi connectivity index (χ1) is 8.52. The Balaban J connectivity index is 2.51. The standard InChI is InChI=1S/C13H16N2O3/c1-4-8(2)15-7-10(13(16)17)12(14-15)11-6-5-9(3)18-11/h5-8H,4H2,1-3H3,(H,16,17). The van der Waals surface area contributed by atoms with Crippen molar-refractivity contribution in [2.24, 2.45) is 0 Å². The molecule has 0 aliphatic carbocycles. The zero-order valence-corrected chi connectivity index (χ0v) is 10.7. The Hall–Kier alpha value is -2.04. The van der Waals surface area contributed by atoms with Crippen LogP contribution in [0, 0.1) is 6.92 Å². The molecule has 1 N–H and O–H groups in total. The molecular weight excluding hydrogens is 232 g/mol. The van der Waals surface area contributed by atoms with Crippen LogP contribution in [0.4, 0.5) is 0 Å². The number of carboxylic acid groups (broad SMARTS) is 1. The topological polar surface area (TPSA) is 68.3 Å². The number of aryl methyl sites for hydroxylation is 1. The van der Waals surface area contributed by atoms with Crippen LogP contribution in [-0.4, -0.2) is 20.9 Å². The van der Waals surface area contributed by atoms with Crippen molar-refractivity contribution in [2.75, 3.05) is 0 Å². The fourth-order valence-electron chi connectivity index (χ4n) is 1.70. The Kier molecular flexibility index (Phi) is 3.23. The SMILES string of the molecule is CCC(C)n1cc(C(=O)O)c(-c2ccc(C)o2)n1. The molecule has 0 saturated heterocycles. The van der Waals surface area contributed by atoms with Crippen molar-refractivity contribution in [2.45, 2.75) is 33.2 Å². The molecule has 18 heavy (non-hydrogen) atoms. The number of hydrogen-bond acceptors (Lipinski definition) is 3. The van der Waals surface area contributed by atoms with Gasteiger partial charge in [0.15, 0.2) is 5.76 Å². The van der Waals surface area contributed by atoms with Crippen LogP contribution in [0.2, 0.25) is 0 Å². The molecule has 5 heteroatoms. The van der Waals surface area contributed by atoms with E-state index in [0.717, 1.165) is 12.2 Å². The van der Waals surface area contributed by atoms with Crippen LogP contribution in [0.3, 0.4) is 0 Å². The van der Waals surface area contributed by atoms with E-state index in [-0.39, 0.29) is 11.6 Å². The van der Waals surface area contributed by atoms with Crippen LogP contribution in [0.5, 0.6) is 0 Å². The summed E-state index contributed by atoms with van der Waals surface area (Å²) in [5, 5.41) is 13.5. The lowest BCUT2D eigenvalue weighted by Gasteiger charge is -2.07. The van der Waals surface area contributed by atoms with Gasteiger partial charge in [-0.15, -0.1) is 0 Å². The molecule has 0 aromatic carbocycles. The second-order valence-corrected chi connectivity index (χ2v) is 4.34. The molecule has 0 aliphatic heterocycles. The summed E-state index contributed by atoms with van der Waals surface area (Å²) in [6.45, 7) is 5.84. The second kappa shape index (κ2) is 4.68. The Labute approximate surface area is 105 Å². The van der Waals surface area contributed by atoms with Crippen LogP contribution < -0.4 is 0 Å². The largest absolute Gasteiger partial charge is 0.478 e. The van der Waals surface area contributed by atoms with E-state index in [1.807, 2.05) is 20.8 Å². The maximum Gasteiger partial charge on any atom is 0.339 e. The Morgan fingerprint density at radius 1 is 1.56 bits per heavy atom. The summed E-state index contributed by atoms with van der Waals surface area (Å²) in [5.41, 5.74) is 0.556. The minimum Gasteiger partial charge on any atom is -0.478 e. The minimum atomic E-state index is -0.992. The molecule has 1 unspecified atom stereocenters. The lowest BCUT2D eigenvalue weighted by atomic mass is 10.2. The van der Waals surface area contributed by atoms with Crippen molar-refractivity contribution in [3.05, 3.63) is 29.7 Å². The van der Waals surface area contributed by atoms with Gasteiger partial charge < -0.3 is 9.52 Å². The summed E-state index contributed by atoms with van der Waals surface area (Å²) in [6.07, 6.45) is 2.45. The normalized spacial score (nSPS) is 12.6. The summed E-state index contributed by atoms with van der Waals surface area (Å²) in [5.74, 6) is 0.236. The molecule has 1 atom stereocenters. The van der Waals surface area contributed by atoms with Crippen LogP contribution in [0.1, 0.15) is 42.4 Å². The van der Waals surface area contributed by atoms with Gasteiger partial charge in [0.1, 0.15) is 17.0 Å². The predicted molar refractivity (Wildman–Crippen MR) is 66.6 cm³/mol. The van der Waals surface area contributed by atoms with Crippen LogP contribution in [0.25, 0.3) is 11.5 Å². The monoisotopic (exact) mass is 248 g/mol. The number of hydrogen-bond donors (Lipinski definition) is 1. The van der Waals surface area contributed by atoms with Crippen molar-refractivity contribution in [3.8, 4) is 11.5 Å². The molecule has 5 nitrogen and oxygen atoms in total. The maximum absolute atomic E-state index is 11.2. The van der Waals surface area contributed by atoms with Gasteiger partial charge in [-0.05, 0) is 32.4 Å². The summed E-state index contributed by atoms with van der Waals surface area (Å²) < 4.78 is 7.13. The maximum atomic E-state index is 11.2. The first kappa shape index (κ1) is 12.4. The van der Waals surface area contributed by atoms with Gasteiger partial charge in [0.05, 0.1) is 0 Å². The van der Waals surface area contributed by atoms with E-state index in [4.69, 9.17) is 4.42 Å². The highest BCUT2D eigenvalue weighted by atomic mass is 16.4. The summed E-state index contributed by atoms with van der Waals surface area (Å²) >= 11 is 0. The highest BCUT2D eigenvalue weighted by molar-refractivity contribution is 5.93. The molecule has 2 rings (SSSR count). The van der Waals surface area contributed by atoms with E-state index in [0.29, 0.717) is 11.5 Å². The van der Waals surface area contributed by atoms with Gasteiger partial charge in [0.25, 0.3) is 0 Å². The first-order valence-electron chi connectivity index (χ1n) is 5.92. The third-order valence-electron chi connectivity index (χ3n) is 2.98. The molecule has 0 fully saturated rings. The minimum absolute atomic E-state index is 0.160. The predicted octanol–water partition coefficient (Wildman–Crippen LogP) is 3.12. The van der Waals surface area contributed by atoms with E-state index >= 15 is 0 Å². The Morgan fingerprint density at radius 3 is 2.78 bits per heavy atom. The lowest BCUT2D eigenvalue weighted by Crippen LogP contribution is -2.04. The molecule has 0 saturated carbocycles. The number of rotatable bonds is 4. The number of carboxylic acids is 1. The quantitative estimate of drug-likeness (QED) is 0.902. The van der Waals surface area contributed by atoms with Gasteiger partial charge in [-0.3, -0.25) is 4.68 Å². The van der Waals surface area contributed by atoms with Crippen LogP contribution >= 0.6 is 0 Å². The van der Waals surface area contributed by atoms with Crippen LogP contribution in [0.15, 0.2) is 22.7 Å². The molecular formula is C13H16N2O3. The van der Waals surface area contributed by atoms with Crippen molar-refractivity contribution < 1.29 is 14.3 Å². The Morgan fingerprint density at radius 2 is 2.28 bits per heavy atom. The molecule has 0 aliphatic rings. The molecule has 2 aromatic heterocycles. The number of furan rings is 1. The van der Waals surface area contributed by atoms with E-state index in [2.05, 4.69) is 5.10 Å². The summed E-state index contributed by atoms with van der Waals surface area (Å²) in [7, 11) is 0. The number of aromatic nitrogens is 2. The molecule has 0 radical (unpaired) electrons. The van der Waals surface area contributed by atoms with Gasteiger partial charge in [-0.25, -0.2) is 4.79 Å². The molecule has 2 heterocycles. The highest BCUT2D eigenvalue weighted by Crippen LogP contribution is 2.26. The second-order valence-electron chi connectivity index (χ2n) is 4.34. The number of nitrogens with zero attached hydrogens (tertiary/aromatic N) is 2. The lowest BCUT2D eigenvalue weighted by molar-refractivity contribution is 0.0697. The smallest absolute Gasteiger partial charge is 0.339 e. The molecule has 0 bridgehead atoms. The molecule has 0 amide bonds. The first-order valence-corrected chi connectivity index (χ1v) is 5.92. The van der Waals surface area contributed by atoms with Crippen molar-refractivity contribution in [1.29, 1.82) is 0 Å². The zero-order chi connectivity index (χ0) is 13.3. The fraction of sp³-hybridized carbons (Fsp3) is 0.385. The van der Waals surface area contributed by atoms with Crippen molar-refractivity contribution in [1.82, 2.24) is 9.78 Å². The van der Waals surface area contributed by atoms with Gasteiger partial charge in [-0.2, -0.15) is 5.10 Å². The van der Waals surface area contributed by atoms with Crippen molar-refractivity contribution >= 4 is 5.97 Å². The van der Waals surface area contributed by atoms with Crippen molar-refractivity contribution in [3.63, 3.8) is 0 Å². The Bertz CT molecular complexity index is 569. The van der Waals surface area contributed by atoms with Gasteiger partial charge in [0, 0.05) is 12.2 Å². The number of carbonyl (C=O) groups is 1. The van der Waals surface area contributed by atoms with Crippen LogP contribution in [-0.2, 0) is 0 Å².